The third-order valence-corrected chi connectivity index (χ3v) is 4.11. The molecule has 24 heavy (non-hydrogen) atoms. The van der Waals surface area contributed by atoms with E-state index in [9.17, 15) is 4.79 Å². The molecule has 124 valence electrons. The quantitative estimate of drug-likeness (QED) is 0.778. The number of carbonyl (C=O) groups is 1. The molecule has 1 N–H and O–H groups in total. The monoisotopic (exact) mass is 324 g/mol. The van der Waals surface area contributed by atoms with E-state index in [0.717, 1.165) is 22.6 Å². The van der Waals surface area contributed by atoms with Crippen molar-refractivity contribution >= 4 is 5.91 Å². The van der Waals surface area contributed by atoms with E-state index >= 15 is 0 Å². The molecule has 1 aromatic carbocycles. The van der Waals surface area contributed by atoms with Crippen molar-refractivity contribution < 1.29 is 4.79 Å². The zero-order chi connectivity index (χ0) is 17.1. The first-order valence-electron chi connectivity index (χ1n) is 7.77. The van der Waals surface area contributed by atoms with Gasteiger partial charge in [0.25, 0.3) is 0 Å². The molecular weight excluding hydrogens is 304 g/mol. The van der Waals surface area contributed by atoms with Crippen LogP contribution in [0.5, 0.6) is 0 Å². The van der Waals surface area contributed by atoms with Crippen molar-refractivity contribution in [1.29, 1.82) is 0 Å². The highest BCUT2D eigenvalue weighted by molar-refractivity contribution is 5.76. The Morgan fingerprint density at radius 2 is 1.96 bits per heavy atom. The first-order valence-corrected chi connectivity index (χ1v) is 7.77. The Kier molecular flexibility index (Phi) is 4.41. The number of aryl methyl sites for hydroxylation is 1. The van der Waals surface area contributed by atoms with Gasteiger partial charge in [-0.3, -0.25) is 4.79 Å². The van der Waals surface area contributed by atoms with Crippen LogP contribution in [-0.2, 0) is 11.3 Å². The second-order valence-electron chi connectivity index (χ2n) is 5.76. The van der Waals surface area contributed by atoms with Crippen molar-refractivity contribution in [2.75, 3.05) is 0 Å². The molecule has 3 aromatic rings. The summed E-state index contributed by atoms with van der Waals surface area (Å²) in [6.45, 7) is 6.13. The first-order chi connectivity index (χ1) is 11.5. The summed E-state index contributed by atoms with van der Waals surface area (Å²) in [5, 5.41) is 7.11. The first kappa shape index (κ1) is 15.9. The summed E-state index contributed by atoms with van der Waals surface area (Å²) >= 11 is 0. The molecule has 0 saturated carbocycles. The molecule has 0 unspecified atom stereocenters. The zero-order valence-corrected chi connectivity index (χ0v) is 14.0. The largest absolute Gasteiger partial charge is 0.348 e. The SMILES string of the molecule is Cc1ncn(CC(=O)N[C@@H](C)c2ccc(-n3cncn3)cc2)c1C. The summed E-state index contributed by atoms with van der Waals surface area (Å²) in [5.41, 5.74) is 3.92. The van der Waals surface area contributed by atoms with E-state index < -0.39 is 0 Å². The molecule has 1 atom stereocenters. The second kappa shape index (κ2) is 6.66. The molecule has 2 heterocycles. The van der Waals surface area contributed by atoms with Gasteiger partial charge in [0.05, 0.1) is 23.8 Å². The third kappa shape index (κ3) is 3.34. The number of benzene rings is 1. The van der Waals surface area contributed by atoms with Gasteiger partial charge in [0.1, 0.15) is 19.2 Å². The predicted molar refractivity (Wildman–Crippen MR) is 89.6 cm³/mol. The van der Waals surface area contributed by atoms with E-state index in [0.29, 0.717) is 0 Å². The van der Waals surface area contributed by atoms with Crippen LogP contribution in [0.4, 0.5) is 0 Å². The van der Waals surface area contributed by atoms with E-state index in [1.165, 1.54) is 6.33 Å². The van der Waals surface area contributed by atoms with Crippen LogP contribution < -0.4 is 5.32 Å². The zero-order valence-electron chi connectivity index (χ0n) is 14.0. The fourth-order valence-corrected chi connectivity index (χ4v) is 2.49. The smallest absolute Gasteiger partial charge is 0.240 e. The van der Waals surface area contributed by atoms with Crippen molar-refractivity contribution in [3.8, 4) is 5.69 Å². The topological polar surface area (TPSA) is 77.6 Å². The molecule has 0 fully saturated rings. The van der Waals surface area contributed by atoms with Crippen molar-refractivity contribution in [3.05, 3.63) is 60.2 Å². The minimum atomic E-state index is -0.0766. The van der Waals surface area contributed by atoms with Crippen molar-refractivity contribution in [1.82, 2.24) is 29.6 Å². The summed E-state index contributed by atoms with van der Waals surface area (Å²) < 4.78 is 3.54. The number of carbonyl (C=O) groups excluding carboxylic acids is 1. The minimum Gasteiger partial charge on any atom is -0.348 e. The molecule has 0 radical (unpaired) electrons. The molecule has 0 aliphatic rings. The van der Waals surface area contributed by atoms with Crippen molar-refractivity contribution in [2.24, 2.45) is 0 Å². The molecule has 0 saturated heterocycles. The molecule has 3 rings (SSSR count). The molecule has 7 heteroatoms. The van der Waals surface area contributed by atoms with E-state index in [4.69, 9.17) is 0 Å². The average molecular weight is 324 g/mol. The number of amides is 1. The van der Waals surface area contributed by atoms with Gasteiger partial charge in [0.15, 0.2) is 0 Å². The third-order valence-electron chi connectivity index (χ3n) is 4.11. The number of nitrogens with one attached hydrogen (secondary N) is 1. The van der Waals surface area contributed by atoms with Crippen LogP contribution in [0.15, 0.2) is 43.2 Å². The molecule has 0 spiro atoms. The molecule has 2 aromatic heterocycles. The Morgan fingerprint density at radius 3 is 2.54 bits per heavy atom. The number of rotatable bonds is 5. The number of hydrogen-bond acceptors (Lipinski definition) is 4. The average Bonchev–Trinajstić information content (AvgIpc) is 3.21. The van der Waals surface area contributed by atoms with Crippen molar-refractivity contribution in [3.63, 3.8) is 0 Å². The van der Waals surface area contributed by atoms with Gasteiger partial charge in [0.2, 0.25) is 5.91 Å². The lowest BCUT2D eigenvalue weighted by Gasteiger charge is -2.15. The Balaban J connectivity index is 1.63. The maximum Gasteiger partial charge on any atom is 0.240 e. The van der Waals surface area contributed by atoms with Gasteiger partial charge in [-0.1, -0.05) is 12.1 Å². The summed E-state index contributed by atoms with van der Waals surface area (Å²) in [7, 11) is 0. The van der Waals surface area contributed by atoms with Gasteiger partial charge in [0, 0.05) is 5.69 Å². The van der Waals surface area contributed by atoms with Crippen LogP contribution in [0, 0.1) is 13.8 Å². The van der Waals surface area contributed by atoms with Gasteiger partial charge >= 0.3 is 0 Å². The number of nitrogens with zero attached hydrogens (tertiary/aromatic N) is 5. The summed E-state index contributed by atoms with van der Waals surface area (Å²) in [5.74, 6) is -0.0386. The molecule has 7 nitrogen and oxygen atoms in total. The lowest BCUT2D eigenvalue weighted by atomic mass is 10.1. The highest BCUT2D eigenvalue weighted by atomic mass is 16.2. The van der Waals surface area contributed by atoms with Crippen LogP contribution in [-0.4, -0.2) is 30.2 Å². The molecular formula is C17H20N6O. The Morgan fingerprint density at radius 1 is 1.21 bits per heavy atom. The maximum atomic E-state index is 12.2. The van der Waals surface area contributed by atoms with E-state index in [2.05, 4.69) is 20.4 Å². The van der Waals surface area contributed by atoms with Crippen LogP contribution in [0.2, 0.25) is 0 Å². The summed E-state index contributed by atoms with van der Waals surface area (Å²) in [6, 6.07) is 7.79. The Bertz CT molecular complexity index is 819. The Labute approximate surface area is 140 Å². The number of aromatic nitrogens is 5. The minimum absolute atomic E-state index is 0.0386. The van der Waals surface area contributed by atoms with E-state index in [1.807, 2.05) is 49.6 Å². The number of imidazole rings is 1. The van der Waals surface area contributed by atoms with Gasteiger partial charge in [-0.2, -0.15) is 5.10 Å². The maximum absolute atomic E-state index is 12.2. The fourth-order valence-electron chi connectivity index (χ4n) is 2.49. The van der Waals surface area contributed by atoms with Gasteiger partial charge in [-0.15, -0.1) is 0 Å². The highest BCUT2D eigenvalue weighted by Crippen LogP contribution is 2.15. The molecule has 0 aliphatic heterocycles. The van der Waals surface area contributed by atoms with Gasteiger partial charge < -0.3 is 9.88 Å². The van der Waals surface area contributed by atoms with E-state index in [1.54, 1.807) is 17.3 Å². The standard InChI is InChI=1S/C17H20N6O/c1-12-14(3)22(11-19-12)8-17(24)21-13(2)15-4-6-16(7-5-15)23-10-18-9-20-23/h4-7,9-11,13H,8H2,1-3H3,(H,21,24)/t13-/m0/s1. The lowest BCUT2D eigenvalue weighted by Crippen LogP contribution is -2.30. The summed E-state index contributed by atoms with van der Waals surface area (Å²) in [4.78, 5) is 20.4. The summed E-state index contributed by atoms with van der Waals surface area (Å²) in [6.07, 6.45) is 4.84. The second-order valence-corrected chi connectivity index (χ2v) is 5.76. The van der Waals surface area contributed by atoms with Crippen molar-refractivity contribution in [2.45, 2.75) is 33.4 Å². The van der Waals surface area contributed by atoms with Crippen LogP contribution in [0.3, 0.4) is 0 Å². The Hall–Kier alpha value is -2.96. The molecule has 1 amide bonds. The molecule has 0 aliphatic carbocycles. The van der Waals surface area contributed by atoms with Crippen LogP contribution in [0.25, 0.3) is 5.69 Å². The van der Waals surface area contributed by atoms with Crippen LogP contribution >= 0.6 is 0 Å². The predicted octanol–water partition coefficient (Wildman–Crippen LogP) is 1.96. The van der Waals surface area contributed by atoms with Gasteiger partial charge in [-0.05, 0) is 38.5 Å². The van der Waals surface area contributed by atoms with Gasteiger partial charge in [-0.25, -0.2) is 14.6 Å². The highest BCUT2D eigenvalue weighted by Gasteiger charge is 2.12. The van der Waals surface area contributed by atoms with E-state index in [-0.39, 0.29) is 18.5 Å². The fraction of sp³-hybridized carbons (Fsp3) is 0.294. The molecule has 0 bridgehead atoms. The lowest BCUT2D eigenvalue weighted by molar-refractivity contribution is -0.122. The number of hydrogen-bond donors (Lipinski definition) is 1. The normalized spacial score (nSPS) is 12.1. The van der Waals surface area contributed by atoms with Crippen LogP contribution in [0.1, 0.15) is 29.9 Å².